The molecule has 5 amide bonds. The molecule has 1 heterocycles. The summed E-state index contributed by atoms with van der Waals surface area (Å²) in [4.78, 5) is 69.6. The molecule has 2 aromatic carbocycles. The lowest BCUT2D eigenvalue weighted by Gasteiger charge is -2.56. The van der Waals surface area contributed by atoms with Crippen LogP contribution in [0.25, 0.3) is 0 Å². The maximum absolute atomic E-state index is 14.3. The van der Waals surface area contributed by atoms with Crippen LogP contribution in [0.2, 0.25) is 0 Å². The van der Waals surface area contributed by atoms with Crippen molar-refractivity contribution in [3.05, 3.63) is 71.8 Å². The number of alkyl carbamates (subject to hydrolysis) is 1. The van der Waals surface area contributed by atoms with Crippen molar-refractivity contribution in [2.75, 3.05) is 13.2 Å². The minimum absolute atomic E-state index is 0.0268. The number of amides is 5. The first-order chi connectivity index (χ1) is 22.9. The van der Waals surface area contributed by atoms with E-state index in [-0.39, 0.29) is 18.6 Å². The predicted octanol–water partition coefficient (Wildman–Crippen LogP) is 4.90. The number of carbonyl (C=O) groups is 5. The summed E-state index contributed by atoms with van der Waals surface area (Å²) in [6.45, 7) is 5.06. The fourth-order valence-electron chi connectivity index (χ4n) is 9.13. The molecule has 0 radical (unpaired) electrons. The fourth-order valence-corrected chi connectivity index (χ4v) is 9.13. The van der Waals surface area contributed by atoms with Crippen molar-refractivity contribution in [3.8, 4) is 0 Å². The first-order valence-electron chi connectivity index (χ1n) is 17.1. The van der Waals surface area contributed by atoms with E-state index >= 15 is 0 Å². The Balaban J connectivity index is 1.14. The first-order valence-corrected chi connectivity index (χ1v) is 17.1. The van der Waals surface area contributed by atoms with Gasteiger partial charge in [0.1, 0.15) is 17.6 Å². The Morgan fingerprint density at radius 1 is 0.917 bits per heavy atom. The Morgan fingerprint density at radius 3 is 2.02 bits per heavy atom. The summed E-state index contributed by atoms with van der Waals surface area (Å²) in [5.41, 5.74) is -0.000642. The van der Waals surface area contributed by atoms with Crippen molar-refractivity contribution in [3.63, 3.8) is 0 Å². The molecule has 5 aliphatic rings. The number of hydrogen-bond acceptors (Lipinski definition) is 6. The molecular formula is C37H46N4O7. The van der Waals surface area contributed by atoms with E-state index in [2.05, 4.69) is 10.6 Å². The third-order valence-electron chi connectivity index (χ3n) is 11.1. The van der Waals surface area contributed by atoms with Gasteiger partial charge in [0.15, 0.2) is 0 Å². The zero-order valence-corrected chi connectivity index (χ0v) is 27.9. The predicted molar refractivity (Wildman–Crippen MR) is 176 cm³/mol. The second kappa shape index (κ2) is 13.2. The number of imide groups is 1. The number of carbonyl (C=O) groups excluding carboxylic acids is 4. The molecule has 0 aromatic heterocycles. The van der Waals surface area contributed by atoms with Crippen LogP contribution in [0.1, 0.15) is 70.4 Å². The molecule has 2 aromatic rings. The van der Waals surface area contributed by atoms with Crippen LogP contribution in [0.15, 0.2) is 60.7 Å². The van der Waals surface area contributed by atoms with E-state index < -0.39 is 60.0 Å². The van der Waals surface area contributed by atoms with E-state index in [4.69, 9.17) is 4.74 Å². The third-order valence-corrected chi connectivity index (χ3v) is 11.1. The van der Waals surface area contributed by atoms with Gasteiger partial charge in [-0.1, -0.05) is 74.5 Å². The number of ether oxygens (including phenoxy) is 1. The fraction of sp³-hybridized carbons (Fsp3) is 0.541. The van der Waals surface area contributed by atoms with Crippen LogP contribution in [-0.2, 0) is 31.2 Å². The van der Waals surface area contributed by atoms with E-state index in [1.165, 1.54) is 24.2 Å². The van der Waals surface area contributed by atoms with Crippen LogP contribution in [0.4, 0.5) is 9.59 Å². The Morgan fingerprint density at radius 2 is 1.48 bits per heavy atom. The molecule has 256 valence electrons. The summed E-state index contributed by atoms with van der Waals surface area (Å²) in [6.07, 6.45) is 6.07. The molecule has 0 spiro atoms. The van der Waals surface area contributed by atoms with Gasteiger partial charge in [-0.3, -0.25) is 9.59 Å². The normalized spacial score (nSPS) is 28.8. The van der Waals surface area contributed by atoms with Crippen molar-refractivity contribution in [2.45, 2.75) is 83.5 Å². The van der Waals surface area contributed by atoms with E-state index in [1.807, 2.05) is 36.4 Å². The number of carboxylic acid groups (broad SMARTS) is 1. The van der Waals surface area contributed by atoms with Crippen molar-refractivity contribution in [1.29, 1.82) is 0 Å². The van der Waals surface area contributed by atoms with Crippen LogP contribution in [0.5, 0.6) is 0 Å². The van der Waals surface area contributed by atoms with Crippen LogP contribution in [0.3, 0.4) is 0 Å². The van der Waals surface area contributed by atoms with Gasteiger partial charge in [-0.25, -0.2) is 19.3 Å². The Hall–Kier alpha value is -4.41. The molecule has 4 saturated carbocycles. The largest absolute Gasteiger partial charge is 0.480 e. The van der Waals surface area contributed by atoms with E-state index in [0.29, 0.717) is 23.3 Å². The molecule has 7 rings (SSSR count). The summed E-state index contributed by atoms with van der Waals surface area (Å²) >= 11 is 0. The Labute approximate surface area is 281 Å². The highest BCUT2D eigenvalue weighted by Gasteiger charge is 2.58. The van der Waals surface area contributed by atoms with E-state index in [0.717, 1.165) is 29.7 Å². The molecule has 3 N–H and O–H groups in total. The van der Waals surface area contributed by atoms with Gasteiger partial charge in [-0.2, -0.15) is 0 Å². The van der Waals surface area contributed by atoms with Gasteiger partial charge >= 0.3 is 18.1 Å². The number of benzene rings is 2. The van der Waals surface area contributed by atoms with Crippen molar-refractivity contribution >= 4 is 29.9 Å². The van der Waals surface area contributed by atoms with Crippen LogP contribution >= 0.6 is 0 Å². The summed E-state index contributed by atoms with van der Waals surface area (Å²) in [5.74, 6) is -1.04. The molecule has 48 heavy (non-hydrogen) atoms. The second-order valence-corrected chi connectivity index (χ2v) is 14.9. The summed E-state index contributed by atoms with van der Waals surface area (Å²) in [7, 11) is 0. The van der Waals surface area contributed by atoms with Gasteiger partial charge in [0.25, 0.3) is 5.91 Å². The molecule has 4 bridgehead atoms. The lowest BCUT2D eigenvalue weighted by Crippen LogP contribution is -2.56. The first kappa shape index (κ1) is 33.5. The molecule has 11 nitrogen and oxygen atoms in total. The zero-order valence-electron chi connectivity index (χ0n) is 27.9. The standard InChI is InChI=1S/C37H46N4O7/c1-23(2)30(41-33(45)36(3,28-12-8-5-9-13-28)40(35(41)47)21-24-10-6-4-7-11-24)31(42)38-20-29(32(43)44)39-34(46)48-22-37-17-25-14-26(18-37)16-27(15-25)19-37/h4-13,23,25-27,29-30H,14-22H2,1-3H3,(H,38,42)(H,39,46)(H,43,44)/t25?,26?,27?,29-,30?,36?,37?/m0/s1. The quantitative estimate of drug-likeness (QED) is 0.275. The summed E-state index contributed by atoms with van der Waals surface area (Å²) in [5, 5.41) is 14.9. The van der Waals surface area contributed by atoms with Crippen LogP contribution in [0, 0.1) is 29.1 Å². The van der Waals surface area contributed by atoms with Crippen molar-refractivity contribution < 1.29 is 33.8 Å². The minimum atomic E-state index is -1.47. The smallest absolute Gasteiger partial charge is 0.407 e. The average Bonchev–Trinajstić information content (AvgIpc) is 3.23. The molecule has 5 fully saturated rings. The maximum atomic E-state index is 14.3. The highest BCUT2D eigenvalue weighted by Crippen LogP contribution is 2.60. The van der Waals surface area contributed by atoms with Gasteiger partial charge in [-0.05, 0) is 80.2 Å². The number of urea groups is 1. The molecular weight excluding hydrogens is 612 g/mol. The molecule has 11 heteroatoms. The van der Waals surface area contributed by atoms with Crippen molar-refractivity contribution in [2.24, 2.45) is 29.1 Å². The van der Waals surface area contributed by atoms with E-state index in [1.54, 1.807) is 45.0 Å². The van der Waals surface area contributed by atoms with E-state index in [9.17, 15) is 29.1 Å². The minimum Gasteiger partial charge on any atom is -0.480 e. The zero-order chi connectivity index (χ0) is 34.2. The van der Waals surface area contributed by atoms with Gasteiger partial charge < -0.3 is 25.4 Å². The third kappa shape index (κ3) is 6.39. The number of rotatable bonds is 12. The Kier molecular flexibility index (Phi) is 9.24. The number of aliphatic carboxylic acids is 1. The van der Waals surface area contributed by atoms with Gasteiger partial charge in [0.05, 0.1) is 6.61 Å². The number of carboxylic acids is 1. The number of hydrogen-bond donors (Lipinski definition) is 3. The highest BCUT2D eigenvalue weighted by atomic mass is 16.5. The lowest BCUT2D eigenvalue weighted by atomic mass is 9.50. The average molecular weight is 659 g/mol. The molecule has 1 aliphatic heterocycles. The molecule has 2 unspecified atom stereocenters. The number of nitrogens with one attached hydrogen (secondary N) is 2. The van der Waals surface area contributed by atoms with Crippen molar-refractivity contribution in [1.82, 2.24) is 20.4 Å². The lowest BCUT2D eigenvalue weighted by molar-refractivity contribution is -0.142. The Bertz CT molecular complexity index is 1510. The monoisotopic (exact) mass is 658 g/mol. The maximum Gasteiger partial charge on any atom is 0.407 e. The topological polar surface area (TPSA) is 145 Å². The molecule has 1 saturated heterocycles. The SMILES string of the molecule is CC(C)C(C(=O)NC[C@H](NC(=O)OCC12CC3CC(CC(C3)C1)C2)C(=O)O)N1C(=O)N(Cc2ccccc2)C(C)(c2ccccc2)C1=O. The van der Waals surface area contributed by atoms with Gasteiger partial charge in [0.2, 0.25) is 5.91 Å². The van der Waals surface area contributed by atoms with Gasteiger partial charge in [-0.15, -0.1) is 0 Å². The van der Waals surface area contributed by atoms with Crippen LogP contribution < -0.4 is 10.6 Å². The number of nitrogens with zero attached hydrogens (tertiary/aromatic N) is 2. The molecule has 3 atom stereocenters. The second-order valence-electron chi connectivity index (χ2n) is 14.9. The highest BCUT2D eigenvalue weighted by molar-refractivity contribution is 6.10. The summed E-state index contributed by atoms with van der Waals surface area (Å²) < 4.78 is 5.61. The molecule has 4 aliphatic carbocycles. The summed E-state index contributed by atoms with van der Waals surface area (Å²) in [6, 6.07) is 15.0. The van der Waals surface area contributed by atoms with Gasteiger partial charge in [0, 0.05) is 18.5 Å². The van der Waals surface area contributed by atoms with Crippen LogP contribution in [-0.4, -0.2) is 70.0 Å².